The first-order chi connectivity index (χ1) is 8.54. The number of nitrogens with two attached hydrogens (primary N) is 1. The molecular formula is C13H14Br2N2S. The average Bonchev–Trinajstić information content (AvgIpc) is 2.65. The van der Waals surface area contributed by atoms with E-state index in [1.807, 2.05) is 0 Å². The summed E-state index contributed by atoms with van der Waals surface area (Å²) in [6, 6.07) is 8.40. The predicted molar refractivity (Wildman–Crippen MR) is 84.8 cm³/mol. The summed E-state index contributed by atoms with van der Waals surface area (Å²) >= 11 is 8.75. The van der Waals surface area contributed by atoms with Gasteiger partial charge >= 0.3 is 0 Å². The molecule has 1 aromatic heterocycles. The predicted octanol–water partition coefficient (Wildman–Crippen LogP) is 4.44. The fourth-order valence-electron chi connectivity index (χ4n) is 1.98. The van der Waals surface area contributed by atoms with E-state index in [1.54, 1.807) is 11.3 Å². The van der Waals surface area contributed by atoms with Gasteiger partial charge in [-0.15, -0.1) is 11.3 Å². The molecule has 2 nitrogen and oxygen atoms in total. The van der Waals surface area contributed by atoms with Crippen LogP contribution in [0, 0.1) is 13.8 Å². The molecule has 5 heteroatoms. The summed E-state index contributed by atoms with van der Waals surface area (Å²) in [7, 11) is 0. The van der Waals surface area contributed by atoms with Gasteiger partial charge in [-0.1, -0.05) is 18.2 Å². The highest BCUT2D eigenvalue weighted by atomic mass is 79.9. The molecule has 0 aliphatic rings. The highest BCUT2D eigenvalue weighted by Crippen LogP contribution is 2.38. The maximum absolute atomic E-state index is 5.75. The molecule has 1 heterocycles. The van der Waals surface area contributed by atoms with Crippen molar-refractivity contribution >= 4 is 43.2 Å². The molecule has 0 amide bonds. The zero-order valence-corrected chi connectivity index (χ0v) is 14.1. The molecule has 1 unspecified atom stereocenters. The van der Waals surface area contributed by atoms with Gasteiger partial charge in [0.2, 0.25) is 0 Å². The van der Waals surface area contributed by atoms with E-state index in [1.165, 1.54) is 16.7 Å². The van der Waals surface area contributed by atoms with Crippen molar-refractivity contribution in [2.24, 2.45) is 5.84 Å². The van der Waals surface area contributed by atoms with Crippen LogP contribution in [-0.4, -0.2) is 0 Å². The highest BCUT2D eigenvalue weighted by molar-refractivity contribution is 9.12. The molecule has 18 heavy (non-hydrogen) atoms. The van der Waals surface area contributed by atoms with Crippen LogP contribution >= 0.6 is 43.2 Å². The zero-order valence-electron chi connectivity index (χ0n) is 10.1. The van der Waals surface area contributed by atoms with Gasteiger partial charge in [0.15, 0.2) is 0 Å². The van der Waals surface area contributed by atoms with E-state index >= 15 is 0 Å². The third-order valence-electron chi connectivity index (χ3n) is 3.12. The van der Waals surface area contributed by atoms with Crippen molar-refractivity contribution in [1.29, 1.82) is 0 Å². The molecule has 1 atom stereocenters. The first-order valence-electron chi connectivity index (χ1n) is 5.51. The van der Waals surface area contributed by atoms with Crippen molar-refractivity contribution in [3.05, 3.63) is 54.1 Å². The molecule has 0 spiro atoms. The standard InChI is InChI=1S/C13H14Br2N2S/c1-7-4-3-5-9(8(7)2)12(17-16)10-6-11(14)18-13(10)15/h3-6,12,17H,16H2,1-2H3. The monoisotopic (exact) mass is 388 g/mol. The topological polar surface area (TPSA) is 38.0 Å². The van der Waals surface area contributed by atoms with Crippen LogP contribution in [0.5, 0.6) is 0 Å². The summed E-state index contributed by atoms with van der Waals surface area (Å²) < 4.78 is 2.19. The van der Waals surface area contributed by atoms with Crippen LogP contribution in [0.2, 0.25) is 0 Å². The normalized spacial score (nSPS) is 12.7. The van der Waals surface area contributed by atoms with Crippen molar-refractivity contribution < 1.29 is 0 Å². The summed E-state index contributed by atoms with van der Waals surface area (Å²) in [4.78, 5) is 0. The number of benzene rings is 1. The molecule has 2 aromatic rings. The van der Waals surface area contributed by atoms with Crippen LogP contribution in [0.3, 0.4) is 0 Å². The summed E-state index contributed by atoms with van der Waals surface area (Å²) in [5.74, 6) is 5.75. The Kier molecular flexibility index (Phi) is 4.61. The molecule has 0 aliphatic carbocycles. The van der Waals surface area contributed by atoms with Crippen molar-refractivity contribution in [1.82, 2.24) is 5.43 Å². The zero-order chi connectivity index (χ0) is 13.3. The summed E-state index contributed by atoms with van der Waals surface area (Å²) in [6.45, 7) is 4.25. The third kappa shape index (κ3) is 2.70. The van der Waals surface area contributed by atoms with E-state index in [0.29, 0.717) is 0 Å². The molecule has 1 aromatic carbocycles. The second kappa shape index (κ2) is 5.84. The Morgan fingerprint density at radius 1 is 1.22 bits per heavy atom. The van der Waals surface area contributed by atoms with Crippen molar-refractivity contribution in [3.8, 4) is 0 Å². The van der Waals surface area contributed by atoms with Crippen LogP contribution in [-0.2, 0) is 0 Å². The summed E-state index contributed by atoms with van der Waals surface area (Å²) in [5.41, 5.74) is 7.83. The lowest BCUT2D eigenvalue weighted by atomic mass is 9.94. The molecular weight excluding hydrogens is 376 g/mol. The second-order valence-corrected chi connectivity index (χ2v) is 7.92. The molecule has 0 saturated carbocycles. The fraction of sp³-hybridized carbons (Fsp3) is 0.231. The van der Waals surface area contributed by atoms with Crippen molar-refractivity contribution in [3.63, 3.8) is 0 Å². The Bertz CT molecular complexity index is 566. The van der Waals surface area contributed by atoms with Crippen molar-refractivity contribution in [2.75, 3.05) is 0 Å². The maximum atomic E-state index is 5.75. The van der Waals surface area contributed by atoms with E-state index in [0.717, 1.165) is 13.1 Å². The van der Waals surface area contributed by atoms with E-state index in [2.05, 4.69) is 75.4 Å². The van der Waals surface area contributed by atoms with Gasteiger partial charge in [-0.05, 0) is 68.5 Å². The van der Waals surface area contributed by atoms with Crippen molar-refractivity contribution in [2.45, 2.75) is 19.9 Å². The Hall–Kier alpha value is -0.200. The minimum Gasteiger partial charge on any atom is -0.271 e. The Morgan fingerprint density at radius 3 is 2.50 bits per heavy atom. The minimum absolute atomic E-state index is 0.00169. The maximum Gasteiger partial charge on any atom is 0.0762 e. The van der Waals surface area contributed by atoms with E-state index in [9.17, 15) is 0 Å². The van der Waals surface area contributed by atoms with Gasteiger partial charge in [0.1, 0.15) is 0 Å². The fourth-order valence-corrected chi connectivity index (χ4v) is 4.89. The number of nitrogens with one attached hydrogen (secondary N) is 1. The number of rotatable bonds is 3. The minimum atomic E-state index is 0.00169. The average molecular weight is 390 g/mol. The quantitative estimate of drug-likeness (QED) is 0.601. The number of hydrogen-bond donors (Lipinski definition) is 2. The lowest BCUT2D eigenvalue weighted by Gasteiger charge is -2.19. The lowest BCUT2D eigenvalue weighted by Crippen LogP contribution is -2.29. The van der Waals surface area contributed by atoms with Crippen LogP contribution in [0.4, 0.5) is 0 Å². The molecule has 0 bridgehead atoms. The molecule has 3 N–H and O–H groups in total. The number of halogens is 2. The Labute approximate surface area is 128 Å². The Morgan fingerprint density at radius 2 is 1.94 bits per heavy atom. The van der Waals surface area contributed by atoms with Gasteiger partial charge in [-0.2, -0.15) is 0 Å². The molecule has 0 fully saturated rings. The first kappa shape index (κ1) is 14.2. The molecule has 2 rings (SSSR count). The second-order valence-electron chi connectivity index (χ2n) is 4.17. The number of aryl methyl sites for hydroxylation is 1. The highest BCUT2D eigenvalue weighted by Gasteiger charge is 2.19. The smallest absolute Gasteiger partial charge is 0.0762 e. The van der Waals surface area contributed by atoms with Crippen LogP contribution in [0.15, 0.2) is 31.8 Å². The molecule has 0 aliphatic heterocycles. The van der Waals surface area contributed by atoms with Gasteiger partial charge in [0.05, 0.1) is 13.6 Å². The summed E-state index contributed by atoms with van der Waals surface area (Å²) in [6.07, 6.45) is 0. The van der Waals surface area contributed by atoms with Gasteiger partial charge in [0, 0.05) is 5.56 Å². The molecule has 0 radical (unpaired) electrons. The van der Waals surface area contributed by atoms with Crippen LogP contribution in [0.1, 0.15) is 28.3 Å². The molecule has 96 valence electrons. The van der Waals surface area contributed by atoms with E-state index in [4.69, 9.17) is 5.84 Å². The van der Waals surface area contributed by atoms with Gasteiger partial charge in [-0.3, -0.25) is 5.84 Å². The molecule has 0 saturated heterocycles. The first-order valence-corrected chi connectivity index (χ1v) is 7.91. The van der Waals surface area contributed by atoms with Gasteiger partial charge in [-0.25, -0.2) is 5.43 Å². The van der Waals surface area contributed by atoms with Crippen LogP contribution in [0.25, 0.3) is 0 Å². The van der Waals surface area contributed by atoms with Gasteiger partial charge < -0.3 is 0 Å². The number of thiophene rings is 1. The Balaban J connectivity index is 2.52. The number of hydrogen-bond acceptors (Lipinski definition) is 3. The van der Waals surface area contributed by atoms with Crippen LogP contribution < -0.4 is 11.3 Å². The summed E-state index contributed by atoms with van der Waals surface area (Å²) in [5, 5.41) is 0. The van der Waals surface area contributed by atoms with Gasteiger partial charge in [0.25, 0.3) is 0 Å². The SMILES string of the molecule is Cc1cccc(C(NN)c2cc(Br)sc2Br)c1C. The van der Waals surface area contributed by atoms with E-state index < -0.39 is 0 Å². The lowest BCUT2D eigenvalue weighted by molar-refractivity contribution is 0.633. The largest absolute Gasteiger partial charge is 0.271 e. The number of hydrazine groups is 1. The van der Waals surface area contributed by atoms with E-state index in [-0.39, 0.29) is 6.04 Å². The third-order valence-corrected chi connectivity index (χ3v) is 5.50.